The number of Topliss-reactive ketones (excluding diaryl/α,β-unsaturated/α-hetero) is 1. The molecule has 2 amide bonds. The van der Waals surface area contributed by atoms with Crippen LogP contribution in [-0.2, 0) is 15.0 Å². The molecule has 1 aromatic heterocycles. The third-order valence-corrected chi connectivity index (χ3v) is 10.8. The van der Waals surface area contributed by atoms with E-state index in [0.29, 0.717) is 31.3 Å². The van der Waals surface area contributed by atoms with Crippen LogP contribution in [0.25, 0.3) is 6.08 Å². The number of carbonyl (C=O) groups excluding carboxylic acids is 3. The number of nitrogens with zero attached hydrogens (tertiary/aromatic N) is 2. The molecule has 1 N–H and O–H groups in total. The Balaban J connectivity index is 1.16. The number of piperidine rings is 1. The summed E-state index contributed by atoms with van der Waals surface area (Å²) in [5.74, 6) is 0.361. The molecule has 43 heavy (non-hydrogen) atoms. The van der Waals surface area contributed by atoms with Gasteiger partial charge in [-0.15, -0.1) is 0 Å². The lowest BCUT2D eigenvalue weighted by atomic mass is 9.74. The van der Waals surface area contributed by atoms with Gasteiger partial charge in [-0.1, -0.05) is 106 Å². The van der Waals surface area contributed by atoms with E-state index in [1.54, 1.807) is 0 Å². The molecule has 1 aliphatic heterocycles. The summed E-state index contributed by atoms with van der Waals surface area (Å²) in [4.78, 5) is 43.3. The predicted octanol–water partition coefficient (Wildman–Crippen LogP) is 6.88. The Morgan fingerprint density at radius 2 is 1.58 bits per heavy atom. The molecule has 0 radical (unpaired) electrons. The lowest BCUT2D eigenvalue weighted by Crippen LogP contribution is -2.48. The van der Waals surface area contributed by atoms with Gasteiger partial charge in [-0.2, -0.15) is 0 Å². The lowest BCUT2D eigenvalue weighted by Gasteiger charge is -2.41. The van der Waals surface area contributed by atoms with Crippen molar-refractivity contribution in [1.29, 1.82) is 0 Å². The number of hydrogen-bond acceptors (Lipinski definition) is 5. The average molecular weight is 586 g/mol. The SMILES string of the molecule is O=C(N[C@@H](CC1CCCCC1)C(=O)C[C@@H](CC1CCCCC1)C(=O)N1CCC2(C=Cc3ccccc32)CC1)c1ccno1. The molecule has 2 atom stereocenters. The predicted molar refractivity (Wildman–Crippen MR) is 166 cm³/mol. The first-order valence-corrected chi connectivity index (χ1v) is 16.8. The second-order valence-corrected chi connectivity index (χ2v) is 13.7. The van der Waals surface area contributed by atoms with Gasteiger partial charge in [0.15, 0.2) is 5.78 Å². The first-order chi connectivity index (χ1) is 21.0. The van der Waals surface area contributed by atoms with Gasteiger partial charge in [0.2, 0.25) is 11.7 Å². The lowest BCUT2D eigenvalue weighted by molar-refractivity contribution is -0.140. The number of amides is 2. The largest absolute Gasteiger partial charge is 0.351 e. The van der Waals surface area contributed by atoms with E-state index in [-0.39, 0.29) is 35.2 Å². The molecule has 1 aromatic carbocycles. The number of fused-ring (bicyclic) bond motifs is 2. The quantitative estimate of drug-likeness (QED) is 0.328. The van der Waals surface area contributed by atoms with Crippen molar-refractivity contribution < 1.29 is 18.9 Å². The third-order valence-electron chi connectivity index (χ3n) is 10.8. The Morgan fingerprint density at radius 1 is 0.907 bits per heavy atom. The van der Waals surface area contributed by atoms with E-state index in [2.05, 4.69) is 46.9 Å². The fourth-order valence-corrected chi connectivity index (χ4v) is 8.33. The molecule has 2 saturated carbocycles. The van der Waals surface area contributed by atoms with E-state index < -0.39 is 11.9 Å². The van der Waals surface area contributed by atoms with Gasteiger partial charge in [0, 0.05) is 36.9 Å². The first-order valence-electron chi connectivity index (χ1n) is 16.8. The standard InChI is InChI=1S/C36H47N3O4/c40-32(31(24-27-11-5-2-6-12-27)38-34(41)33-16-20-37-43-33)25-29(23-26-9-3-1-4-10-26)35(42)39-21-18-36(19-22-39)17-15-28-13-7-8-14-30(28)36/h7-8,13-17,20,26-27,29,31H,1-6,9-12,18-19,21-25H2,(H,38,41)/t29-,31+/m1/s1. The summed E-state index contributed by atoms with van der Waals surface area (Å²) in [7, 11) is 0. The van der Waals surface area contributed by atoms with Crippen molar-refractivity contribution in [3.8, 4) is 0 Å². The Morgan fingerprint density at radius 3 is 2.26 bits per heavy atom. The van der Waals surface area contributed by atoms with Crippen molar-refractivity contribution in [2.24, 2.45) is 17.8 Å². The number of likely N-dealkylation sites (tertiary alicyclic amines) is 1. The molecule has 0 bridgehead atoms. The minimum Gasteiger partial charge on any atom is -0.351 e. The van der Waals surface area contributed by atoms with E-state index in [1.165, 1.54) is 61.9 Å². The zero-order valence-electron chi connectivity index (χ0n) is 25.5. The molecule has 230 valence electrons. The molecule has 0 unspecified atom stereocenters. The zero-order chi connectivity index (χ0) is 29.6. The van der Waals surface area contributed by atoms with E-state index in [4.69, 9.17) is 4.52 Å². The molecule has 2 aromatic rings. The van der Waals surface area contributed by atoms with Crippen molar-refractivity contribution in [2.45, 2.75) is 108 Å². The van der Waals surface area contributed by atoms with Gasteiger partial charge in [0.25, 0.3) is 5.91 Å². The van der Waals surface area contributed by atoms with E-state index in [9.17, 15) is 14.4 Å². The Kier molecular flexibility index (Phi) is 9.44. The number of carbonyl (C=O) groups is 3. The summed E-state index contributed by atoms with van der Waals surface area (Å²) in [6.07, 6.45) is 21.1. The maximum atomic E-state index is 14.2. The molecule has 1 saturated heterocycles. The third kappa shape index (κ3) is 6.97. The summed E-state index contributed by atoms with van der Waals surface area (Å²) >= 11 is 0. The monoisotopic (exact) mass is 585 g/mol. The maximum absolute atomic E-state index is 14.2. The van der Waals surface area contributed by atoms with Gasteiger partial charge in [0.1, 0.15) is 0 Å². The molecule has 6 rings (SSSR count). The van der Waals surface area contributed by atoms with Crippen LogP contribution in [-0.4, -0.2) is 46.8 Å². The van der Waals surface area contributed by atoms with Crippen LogP contribution < -0.4 is 5.32 Å². The van der Waals surface area contributed by atoms with Gasteiger partial charge in [-0.05, 0) is 48.6 Å². The van der Waals surface area contributed by atoms with Crippen molar-refractivity contribution in [3.63, 3.8) is 0 Å². The molecular weight excluding hydrogens is 538 g/mol. The molecule has 2 heterocycles. The van der Waals surface area contributed by atoms with Crippen LogP contribution in [0.15, 0.2) is 47.1 Å². The van der Waals surface area contributed by atoms with Gasteiger partial charge in [-0.25, -0.2) is 0 Å². The molecule has 3 fully saturated rings. The number of nitrogens with one attached hydrogen (secondary N) is 1. The fourth-order valence-electron chi connectivity index (χ4n) is 8.33. The van der Waals surface area contributed by atoms with Gasteiger partial charge in [-0.3, -0.25) is 14.4 Å². The second-order valence-electron chi connectivity index (χ2n) is 13.7. The van der Waals surface area contributed by atoms with Crippen LogP contribution in [0.2, 0.25) is 0 Å². The first kappa shape index (κ1) is 29.8. The number of hydrogen-bond donors (Lipinski definition) is 1. The Labute approximate surface area is 255 Å². The summed E-state index contributed by atoms with van der Waals surface area (Å²) in [6, 6.07) is 9.51. The Bertz CT molecular complexity index is 1280. The number of aromatic nitrogens is 1. The topological polar surface area (TPSA) is 92.5 Å². The van der Waals surface area contributed by atoms with Gasteiger partial charge >= 0.3 is 0 Å². The molecule has 7 nitrogen and oxygen atoms in total. The van der Waals surface area contributed by atoms with Crippen molar-refractivity contribution in [3.05, 3.63) is 59.5 Å². The number of benzene rings is 1. The summed E-state index contributed by atoms with van der Waals surface area (Å²) in [5.41, 5.74) is 2.68. The van der Waals surface area contributed by atoms with Crippen LogP contribution in [0.3, 0.4) is 0 Å². The summed E-state index contributed by atoms with van der Waals surface area (Å²) in [6.45, 7) is 1.42. The van der Waals surface area contributed by atoms with Crippen LogP contribution in [0, 0.1) is 17.8 Å². The van der Waals surface area contributed by atoms with Crippen LogP contribution in [0.1, 0.15) is 118 Å². The Hall–Kier alpha value is -3.22. The maximum Gasteiger partial charge on any atom is 0.290 e. The number of ketones is 1. The zero-order valence-corrected chi connectivity index (χ0v) is 25.5. The second kappa shape index (κ2) is 13.6. The van der Waals surface area contributed by atoms with Crippen molar-refractivity contribution in [2.75, 3.05) is 13.1 Å². The van der Waals surface area contributed by atoms with E-state index >= 15 is 0 Å². The highest BCUT2D eigenvalue weighted by Gasteiger charge is 2.41. The van der Waals surface area contributed by atoms with Crippen molar-refractivity contribution >= 4 is 23.7 Å². The van der Waals surface area contributed by atoms with Crippen molar-refractivity contribution in [1.82, 2.24) is 15.4 Å². The average Bonchev–Trinajstić information content (AvgIpc) is 3.71. The van der Waals surface area contributed by atoms with Crippen LogP contribution in [0.4, 0.5) is 0 Å². The minimum atomic E-state index is -0.618. The summed E-state index contributed by atoms with van der Waals surface area (Å²) < 4.78 is 5.09. The van der Waals surface area contributed by atoms with Crippen LogP contribution >= 0.6 is 0 Å². The minimum absolute atomic E-state index is 0.0120. The molecular formula is C36H47N3O4. The summed E-state index contributed by atoms with van der Waals surface area (Å²) in [5, 5.41) is 6.64. The highest BCUT2D eigenvalue weighted by Crippen LogP contribution is 2.44. The molecule has 1 spiro atoms. The molecule has 3 aliphatic carbocycles. The highest BCUT2D eigenvalue weighted by atomic mass is 16.5. The molecule has 4 aliphatic rings. The van der Waals surface area contributed by atoms with E-state index in [1.807, 2.05) is 4.90 Å². The number of allylic oxidation sites excluding steroid dienone is 1. The highest BCUT2D eigenvalue weighted by molar-refractivity contribution is 5.97. The smallest absolute Gasteiger partial charge is 0.290 e. The molecule has 7 heteroatoms. The number of rotatable bonds is 10. The van der Waals surface area contributed by atoms with Gasteiger partial charge in [0.05, 0.1) is 12.2 Å². The fraction of sp³-hybridized carbons (Fsp3) is 0.611. The normalized spacial score (nSPS) is 21.8. The van der Waals surface area contributed by atoms with Gasteiger partial charge < -0.3 is 14.7 Å². The van der Waals surface area contributed by atoms with Crippen LogP contribution in [0.5, 0.6) is 0 Å². The van der Waals surface area contributed by atoms with E-state index in [0.717, 1.165) is 44.9 Å².